The molecule has 0 spiro atoms. The lowest BCUT2D eigenvalue weighted by atomic mass is 10.1. The number of nitrogens with zero attached hydrogens (tertiary/aromatic N) is 4. The molecule has 0 aliphatic carbocycles. The van der Waals surface area contributed by atoms with Gasteiger partial charge in [-0.15, -0.1) is 0 Å². The summed E-state index contributed by atoms with van der Waals surface area (Å²) in [6, 6.07) is 15.6. The molecule has 0 saturated heterocycles. The maximum atomic E-state index is 13.4. The Morgan fingerprint density at radius 2 is 1.88 bits per heavy atom. The van der Waals surface area contributed by atoms with Gasteiger partial charge in [0, 0.05) is 33.0 Å². The molecule has 0 amide bonds. The van der Waals surface area contributed by atoms with E-state index in [1.807, 2.05) is 43.3 Å². The number of hydrogen-bond donors (Lipinski definition) is 0. The minimum Gasteiger partial charge on any atom is -0.497 e. The largest absolute Gasteiger partial charge is 0.497 e. The van der Waals surface area contributed by atoms with Gasteiger partial charge in [-0.2, -0.15) is 9.78 Å². The smallest absolute Gasteiger partial charge is 0.282 e. The summed E-state index contributed by atoms with van der Waals surface area (Å²) in [6.45, 7) is 8.25. The van der Waals surface area contributed by atoms with Gasteiger partial charge >= 0.3 is 0 Å². The Morgan fingerprint density at radius 3 is 2.55 bits per heavy atom. The Kier molecular flexibility index (Phi) is 6.51. The average Bonchev–Trinajstić information content (AvgIpc) is 3.11. The number of aromatic nitrogens is 3. The molecule has 170 valence electrons. The van der Waals surface area contributed by atoms with E-state index in [0.717, 1.165) is 39.3 Å². The summed E-state index contributed by atoms with van der Waals surface area (Å²) >= 11 is 3.45. The second-order valence-electron chi connectivity index (χ2n) is 8.16. The summed E-state index contributed by atoms with van der Waals surface area (Å²) in [5.41, 5.74) is 4.62. The van der Waals surface area contributed by atoms with E-state index in [-0.39, 0.29) is 11.5 Å². The lowest BCUT2D eigenvalue weighted by Crippen LogP contribution is -2.23. The molecule has 0 fully saturated rings. The standard InChI is InChI=1S/C26H27BrN4O2/c1-6-16(2)25-29-24-12-7-20(27)14-23(24)26(32)31(25)28-15-19-13-17(3)30(18(19)4)21-8-10-22(33-5)11-9-21/h7-16H,6H2,1-5H3/t16-/m0/s1. The van der Waals surface area contributed by atoms with Crippen LogP contribution in [-0.2, 0) is 0 Å². The van der Waals surface area contributed by atoms with Crippen LogP contribution in [0.1, 0.15) is 49.0 Å². The zero-order valence-electron chi connectivity index (χ0n) is 19.5. The quantitative estimate of drug-likeness (QED) is 0.302. The highest BCUT2D eigenvalue weighted by atomic mass is 79.9. The third-order valence-corrected chi connectivity index (χ3v) is 6.49. The van der Waals surface area contributed by atoms with Gasteiger partial charge < -0.3 is 9.30 Å². The van der Waals surface area contributed by atoms with Crippen LogP contribution in [0.5, 0.6) is 5.75 Å². The SMILES string of the molecule is CC[C@H](C)c1nc2ccc(Br)cc2c(=O)n1N=Cc1cc(C)n(-c2ccc(OC)cc2)c1C. The van der Waals surface area contributed by atoms with Crippen LogP contribution in [0.4, 0.5) is 0 Å². The molecule has 1 atom stereocenters. The summed E-state index contributed by atoms with van der Waals surface area (Å²) < 4.78 is 9.72. The van der Waals surface area contributed by atoms with Crippen molar-refractivity contribution in [2.24, 2.45) is 5.10 Å². The second-order valence-corrected chi connectivity index (χ2v) is 9.08. The maximum Gasteiger partial charge on any atom is 0.282 e. The molecule has 0 N–H and O–H groups in total. The van der Waals surface area contributed by atoms with Crippen molar-refractivity contribution in [3.05, 3.63) is 86.1 Å². The van der Waals surface area contributed by atoms with Gasteiger partial charge in [0.05, 0.1) is 24.2 Å². The van der Waals surface area contributed by atoms with Gasteiger partial charge in [0.25, 0.3) is 5.56 Å². The summed E-state index contributed by atoms with van der Waals surface area (Å²) in [5, 5.41) is 5.17. The van der Waals surface area contributed by atoms with Crippen molar-refractivity contribution < 1.29 is 4.74 Å². The number of hydrogen-bond acceptors (Lipinski definition) is 4. The molecule has 0 bridgehead atoms. The Bertz CT molecular complexity index is 1400. The van der Waals surface area contributed by atoms with Crippen molar-refractivity contribution >= 4 is 33.0 Å². The third kappa shape index (κ3) is 4.37. The van der Waals surface area contributed by atoms with E-state index in [1.165, 1.54) is 4.68 Å². The highest BCUT2D eigenvalue weighted by molar-refractivity contribution is 9.10. The van der Waals surface area contributed by atoms with E-state index in [2.05, 4.69) is 52.4 Å². The van der Waals surface area contributed by atoms with Crippen molar-refractivity contribution in [3.63, 3.8) is 0 Å². The van der Waals surface area contributed by atoms with E-state index < -0.39 is 0 Å². The number of ether oxygens (including phenoxy) is 1. The second kappa shape index (κ2) is 9.35. The monoisotopic (exact) mass is 506 g/mol. The van der Waals surface area contributed by atoms with Gasteiger partial charge in [-0.25, -0.2) is 4.98 Å². The van der Waals surface area contributed by atoms with E-state index in [9.17, 15) is 4.79 Å². The zero-order chi connectivity index (χ0) is 23.7. The fourth-order valence-electron chi connectivity index (χ4n) is 3.95. The van der Waals surface area contributed by atoms with Crippen LogP contribution in [-0.4, -0.2) is 27.6 Å². The highest BCUT2D eigenvalue weighted by Crippen LogP contribution is 2.23. The van der Waals surface area contributed by atoms with Gasteiger partial charge in [-0.3, -0.25) is 4.79 Å². The first-order valence-electron chi connectivity index (χ1n) is 10.9. The van der Waals surface area contributed by atoms with Gasteiger partial charge in [-0.05, 0) is 68.8 Å². The van der Waals surface area contributed by atoms with Crippen LogP contribution in [0.3, 0.4) is 0 Å². The van der Waals surface area contributed by atoms with Crippen LogP contribution in [0.2, 0.25) is 0 Å². The molecule has 2 heterocycles. The van der Waals surface area contributed by atoms with Crippen LogP contribution >= 0.6 is 15.9 Å². The predicted molar refractivity (Wildman–Crippen MR) is 137 cm³/mol. The van der Waals surface area contributed by atoms with E-state index in [1.54, 1.807) is 19.4 Å². The number of methoxy groups -OCH3 is 1. The molecular formula is C26H27BrN4O2. The highest BCUT2D eigenvalue weighted by Gasteiger charge is 2.16. The minimum absolute atomic E-state index is 0.0922. The number of aryl methyl sites for hydroxylation is 1. The van der Waals surface area contributed by atoms with Crippen LogP contribution < -0.4 is 10.3 Å². The van der Waals surface area contributed by atoms with Crippen LogP contribution in [0, 0.1) is 13.8 Å². The molecule has 0 saturated carbocycles. The normalized spacial score (nSPS) is 12.5. The van der Waals surface area contributed by atoms with Gasteiger partial charge in [-0.1, -0.05) is 29.8 Å². The summed E-state index contributed by atoms with van der Waals surface area (Å²) in [4.78, 5) is 18.1. The molecule has 0 unspecified atom stereocenters. The number of halogens is 1. The molecule has 6 nitrogen and oxygen atoms in total. The Balaban J connectivity index is 1.81. The molecule has 0 radical (unpaired) electrons. The number of benzene rings is 2. The molecule has 0 aliphatic heterocycles. The molecule has 2 aromatic heterocycles. The first kappa shape index (κ1) is 23.0. The summed E-state index contributed by atoms with van der Waals surface area (Å²) in [5.74, 6) is 1.57. The van der Waals surface area contributed by atoms with Crippen LogP contribution in [0.25, 0.3) is 16.6 Å². The maximum absolute atomic E-state index is 13.4. The van der Waals surface area contributed by atoms with Crippen LogP contribution in [0.15, 0.2) is 62.9 Å². The van der Waals surface area contributed by atoms with Gasteiger partial charge in [0.15, 0.2) is 0 Å². The predicted octanol–water partition coefficient (Wildman–Crippen LogP) is 5.97. The molecule has 4 aromatic rings. The lowest BCUT2D eigenvalue weighted by Gasteiger charge is -2.14. The third-order valence-electron chi connectivity index (χ3n) is 6.00. The Morgan fingerprint density at radius 1 is 1.15 bits per heavy atom. The summed E-state index contributed by atoms with van der Waals surface area (Å²) in [7, 11) is 1.66. The zero-order valence-corrected chi connectivity index (χ0v) is 21.0. The van der Waals surface area contributed by atoms with Crippen molar-refractivity contribution in [1.29, 1.82) is 0 Å². The minimum atomic E-state index is -0.170. The van der Waals surface area contributed by atoms with Crippen molar-refractivity contribution in [1.82, 2.24) is 14.2 Å². The molecular weight excluding hydrogens is 480 g/mol. The topological polar surface area (TPSA) is 61.4 Å². The molecule has 33 heavy (non-hydrogen) atoms. The van der Waals surface area contributed by atoms with E-state index >= 15 is 0 Å². The fourth-order valence-corrected chi connectivity index (χ4v) is 4.31. The fraction of sp³-hybridized carbons (Fsp3) is 0.269. The first-order chi connectivity index (χ1) is 15.8. The van der Waals surface area contributed by atoms with E-state index in [0.29, 0.717) is 16.7 Å². The Labute approximate surface area is 201 Å². The van der Waals surface area contributed by atoms with Crippen molar-refractivity contribution in [3.8, 4) is 11.4 Å². The van der Waals surface area contributed by atoms with Gasteiger partial charge in [0.2, 0.25) is 0 Å². The Hall–Kier alpha value is -3.19. The van der Waals surface area contributed by atoms with E-state index in [4.69, 9.17) is 9.72 Å². The molecule has 7 heteroatoms. The summed E-state index contributed by atoms with van der Waals surface area (Å²) in [6.07, 6.45) is 2.61. The number of rotatable bonds is 6. The molecule has 0 aliphatic rings. The molecule has 2 aromatic carbocycles. The van der Waals surface area contributed by atoms with Crippen molar-refractivity contribution in [2.45, 2.75) is 40.0 Å². The van der Waals surface area contributed by atoms with Gasteiger partial charge in [0.1, 0.15) is 11.6 Å². The average molecular weight is 507 g/mol. The lowest BCUT2D eigenvalue weighted by molar-refractivity contribution is 0.414. The first-order valence-corrected chi connectivity index (χ1v) is 11.7. The molecule has 4 rings (SSSR count). The number of fused-ring (bicyclic) bond motifs is 1. The van der Waals surface area contributed by atoms with Crippen molar-refractivity contribution in [2.75, 3.05) is 7.11 Å².